The van der Waals surface area contributed by atoms with Gasteiger partial charge in [-0.1, -0.05) is 36.4 Å². The van der Waals surface area contributed by atoms with Crippen molar-refractivity contribution in [2.45, 2.75) is 26.3 Å². The van der Waals surface area contributed by atoms with Crippen molar-refractivity contribution in [1.29, 1.82) is 0 Å². The van der Waals surface area contributed by atoms with Crippen molar-refractivity contribution in [3.63, 3.8) is 0 Å². The first-order valence-electron chi connectivity index (χ1n) is 23.1. The monoisotopic (exact) mass is 922 g/mol. The molecule has 1 N–H and O–H groups in total. The number of nitro benzene ring substituents is 1. The Bertz CT molecular complexity index is 2920. The minimum atomic E-state index is -0.423. The zero-order valence-electron chi connectivity index (χ0n) is 38.8. The minimum absolute atomic E-state index is 0.0456. The van der Waals surface area contributed by atoms with E-state index in [1.165, 1.54) is 10.6 Å². The van der Waals surface area contributed by atoms with Crippen LogP contribution in [0.3, 0.4) is 0 Å². The number of anilines is 1. The average molecular weight is 923 g/mol. The lowest BCUT2D eigenvalue weighted by atomic mass is 10.0. The number of fused-ring (bicyclic) bond motifs is 1. The van der Waals surface area contributed by atoms with Crippen LogP contribution in [0, 0.1) is 17.0 Å². The van der Waals surface area contributed by atoms with Gasteiger partial charge < -0.3 is 38.0 Å². The van der Waals surface area contributed by atoms with Crippen molar-refractivity contribution in [3.05, 3.63) is 158 Å². The fourth-order valence-electron chi connectivity index (χ4n) is 8.47. The summed E-state index contributed by atoms with van der Waals surface area (Å²) in [4.78, 5) is 45.4. The van der Waals surface area contributed by atoms with E-state index in [9.17, 15) is 19.7 Å². The molecule has 16 nitrogen and oxygen atoms in total. The predicted molar refractivity (Wildman–Crippen MR) is 264 cm³/mol. The van der Waals surface area contributed by atoms with E-state index in [-0.39, 0.29) is 22.6 Å². The molecule has 3 aromatic heterocycles. The number of benzene rings is 4. The van der Waals surface area contributed by atoms with E-state index in [4.69, 9.17) is 23.9 Å². The molecule has 0 bridgehead atoms. The number of hydrogen-bond acceptors (Lipinski definition) is 12. The maximum Gasteiger partial charge on any atom is 0.335 e. The molecule has 68 heavy (non-hydrogen) atoms. The van der Waals surface area contributed by atoms with Crippen LogP contribution in [0.1, 0.15) is 18.7 Å². The molecular weight excluding hydrogens is 865 g/mol. The molecule has 4 aromatic carbocycles. The third kappa shape index (κ3) is 11.7. The highest BCUT2D eigenvalue weighted by atomic mass is 16.6. The molecule has 5 heterocycles. The maximum absolute atomic E-state index is 12.2. The lowest BCUT2D eigenvalue weighted by Gasteiger charge is -2.26. The first-order chi connectivity index (χ1) is 33.1. The smallest absolute Gasteiger partial charge is 0.335 e. The van der Waals surface area contributed by atoms with Crippen LogP contribution < -0.4 is 25.9 Å². The second-order valence-electron chi connectivity index (χ2n) is 16.8. The second-order valence-corrected chi connectivity index (χ2v) is 16.8. The number of nitrogens with zero attached hydrogens (tertiary/aromatic N) is 7. The standard InChI is InChI=1S/C27H30N4O3.C25H28N4O5/c1-20-28-26-24(31(20)14-6-13-30-15-17-33-18-16-30)11-10-23(21-9-12-25(32)29(2)19-21)27(26)34-22-7-4-3-5-8-22;1-27-18-19(8-11-23(27)30)21-9-10-22(26-12-5-13-28-14-16-33-17-15-28)24(29(31)32)25(21)34-20-6-3-2-4-7-20/h3-5,7-12,19H,6,13-18H2,1-2H3;2-4,6-11,18,26H,5,12-17H2,1H3. The Labute approximate surface area is 395 Å². The van der Waals surface area contributed by atoms with Gasteiger partial charge >= 0.3 is 5.69 Å². The summed E-state index contributed by atoms with van der Waals surface area (Å²) in [7, 11) is 3.40. The summed E-state index contributed by atoms with van der Waals surface area (Å²) in [6.45, 7) is 12.4. The van der Waals surface area contributed by atoms with E-state index in [0.29, 0.717) is 34.9 Å². The lowest BCUT2D eigenvalue weighted by molar-refractivity contribution is -0.384. The first-order valence-corrected chi connectivity index (χ1v) is 23.1. The van der Waals surface area contributed by atoms with Crippen molar-refractivity contribution in [2.24, 2.45) is 14.1 Å². The van der Waals surface area contributed by atoms with Crippen LogP contribution in [0.5, 0.6) is 23.0 Å². The van der Waals surface area contributed by atoms with E-state index >= 15 is 0 Å². The summed E-state index contributed by atoms with van der Waals surface area (Å²) in [6, 6.07) is 32.9. The Morgan fingerprint density at radius 1 is 0.647 bits per heavy atom. The van der Waals surface area contributed by atoms with E-state index in [0.717, 1.165) is 119 Å². The number of rotatable bonds is 16. The summed E-state index contributed by atoms with van der Waals surface area (Å²) in [6.07, 6.45) is 5.38. The van der Waals surface area contributed by atoms with Gasteiger partial charge in [0.1, 0.15) is 28.5 Å². The molecular formula is C52H58N8O8. The van der Waals surface area contributed by atoms with Gasteiger partial charge in [-0.15, -0.1) is 0 Å². The number of imidazole rings is 1. The summed E-state index contributed by atoms with van der Waals surface area (Å²) >= 11 is 0. The summed E-state index contributed by atoms with van der Waals surface area (Å²) < 4.78 is 28.6. The number of para-hydroxylation sites is 2. The highest BCUT2D eigenvalue weighted by Crippen LogP contribution is 2.45. The van der Waals surface area contributed by atoms with E-state index in [1.807, 2.05) is 55.6 Å². The van der Waals surface area contributed by atoms with Crippen molar-refractivity contribution in [2.75, 3.05) is 77.6 Å². The van der Waals surface area contributed by atoms with E-state index < -0.39 is 4.92 Å². The van der Waals surface area contributed by atoms with Crippen molar-refractivity contribution in [1.82, 2.24) is 28.5 Å². The summed E-state index contributed by atoms with van der Waals surface area (Å²) in [5.74, 6) is 3.04. The molecule has 0 aliphatic carbocycles. The third-order valence-corrected chi connectivity index (χ3v) is 12.1. The predicted octanol–water partition coefficient (Wildman–Crippen LogP) is 8.11. The number of hydrogen-bond donors (Lipinski definition) is 1. The molecule has 0 amide bonds. The van der Waals surface area contributed by atoms with Crippen LogP contribution in [-0.4, -0.2) is 106 Å². The largest absolute Gasteiger partial charge is 0.454 e. The van der Waals surface area contributed by atoms with Crippen LogP contribution in [-0.2, 0) is 30.1 Å². The van der Waals surface area contributed by atoms with E-state index in [2.05, 4.69) is 31.8 Å². The molecule has 0 spiro atoms. The number of pyridine rings is 2. The quantitative estimate of drug-likeness (QED) is 0.0565. The number of morpholine rings is 2. The summed E-state index contributed by atoms with van der Waals surface area (Å²) in [5.41, 5.74) is 4.93. The molecule has 0 saturated carbocycles. The Hall–Kier alpha value is -7.11. The molecule has 2 fully saturated rings. The Balaban J connectivity index is 0.000000184. The average Bonchev–Trinajstić information content (AvgIpc) is 3.68. The SMILES string of the molecule is Cc1nc2c(Oc3ccccc3)c(-c3ccc(=O)n(C)c3)ccc2n1CCCN1CCOCC1.Cn1cc(-c2ccc(NCCCN3CCOCC3)c([N+](=O)[O-])c2Oc2ccccc2)ccc1=O. The molecule has 2 saturated heterocycles. The van der Waals surface area contributed by atoms with Crippen LogP contribution in [0.2, 0.25) is 0 Å². The lowest BCUT2D eigenvalue weighted by Crippen LogP contribution is -2.37. The number of nitro groups is 1. The molecule has 16 heteroatoms. The Morgan fingerprint density at radius 2 is 1.16 bits per heavy atom. The Morgan fingerprint density at radius 3 is 1.71 bits per heavy atom. The zero-order chi connectivity index (χ0) is 47.4. The number of aryl methyl sites for hydroxylation is 4. The van der Waals surface area contributed by atoms with Crippen molar-refractivity contribution >= 4 is 22.4 Å². The van der Waals surface area contributed by atoms with E-state index in [1.54, 1.807) is 73.4 Å². The van der Waals surface area contributed by atoms with Gasteiger partial charge in [0, 0.05) is 107 Å². The van der Waals surface area contributed by atoms with Gasteiger partial charge in [-0.3, -0.25) is 29.5 Å². The van der Waals surface area contributed by atoms with Gasteiger partial charge in [0.05, 0.1) is 36.9 Å². The van der Waals surface area contributed by atoms with Gasteiger partial charge in [-0.2, -0.15) is 0 Å². The molecule has 2 aliphatic heterocycles. The maximum atomic E-state index is 12.2. The van der Waals surface area contributed by atoms with Crippen LogP contribution in [0.25, 0.3) is 33.3 Å². The normalized spacial score (nSPS) is 14.3. The number of aromatic nitrogens is 4. The first kappa shape index (κ1) is 47.4. The van der Waals surface area contributed by atoms with Gasteiger partial charge in [-0.05, 0) is 87.0 Å². The van der Waals surface area contributed by atoms with Gasteiger partial charge in [0.2, 0.25) is 16.9 Å². The molecule has 354 valence electrons. The van der Waals surface area contributed by atoms with Crippen molar-refractivity contribution < 1.29 is 23.9 Å². The third-order valence-electron chi connectivity index (χ3n) is 12.1. The van der Waals surface area contributed by atoms with Gasteiger partial charge in [-0.25, -0.2) is 4.98 Å². The number of nitrogens with one attached hydrogen (secondary N) is 1. The highest BCUT2D eigenvalue weighted by molar-refractivity contribution is 5.91. The summed E-state index contributed by atoms with van der Waals surface area (Å²) in [5, 5.41) is 15.5. The molecule has 7 aromatic rings. The topological polar surface area (TPSA) is 160 Å². The Kier molecular flexibility index (Phi) is 15.7. The second kappa shape index (κ2) is 22.6. The molecule has 0 atom stereocenters. The number of ether oxygens (including phenoxy) is 4. The van der Waals surface area contributed by atoms with Gasteiger partial charge in [0.15, 0.2) is 5.75 Å². The van der Waals surface area contributed by atoms with Gasteiger partial charge in [0.25, 0.3) is 0 Å². The molecule has 9 rings (SSSR count). The highest BCUT2D eigenvalue weighted by Gasteiger charge is 2.27. The van der Waals surface area contributed by atoms with Crippen LogP contribution >= 0.6 is 0 Å². The molecule has 0 radical (unpaired) electrons. The minimum Gasteiger partial charge on any atom is -0.454 e. The van der Waals surface area contributed by atoms with Crippen molar-refractivity contribution in [3.8, 4) is 45.3 Å². The molecule has 2 aliphatic rings. The van der Waals surface area contributed by atoms with Crippen LogP contribution in [0.15, 0.2) is 131 Å². The fourth-order valence-corrected chi connectivity index (χ4v) is 8.47. The fraction of sp³-hybridized carbons (Fsp3) is 0.327. The zero-order valence-corrected chi connectivity index (χ0v) is 38.8. The molecule has 0 unspecified atom stereocenters. The van der Waals surface area contributed by atoms with Crippen LogP contribution in [0.4, 0.5) is 11.4 Å².